The van der Waals surface area contributed by atoms with Crippen LogP contribution < -0.4 is 0 Å². The molecule has 0 atom stereocenters. The maximum Gasteiger partial charge on any atom is 0.417 e. The molecule has 0 heterocycles. The van der Waals surface area contributed by atoms with E-state index < -0.39 is 17.5 Å². The molecule has 0 unspecified atom stereocenters. The number of ketones is 1. The molecular weight excluding hydrogens is 320 g/mol. The molecule has 0 aliphatic rings. The van der Waals surface area contributed by atoms with Crippen LogP contribution in [0.25, 0.3) is 0 Å². The summed E-state index contributed by atoms with van der Waals surface area (Å²) in [5.41, 5.74) is -0.974. The number of carbonyl (C=O) groups is 1. The molecule has 0 fully saturated rings. The predicted molar refractivity (Wildman–Crippen MR) is 58.9 cm³/mol. The summed E-state index contributed by atoms with van der Waals surface area (Å²) in [6, 6.07) is 2.74. The molecule has 0 bridgehead atoms. The third-order valence-electron chi connectivity index (χ3n) is 2.06. The third-order valence-corrected chi connectivity index (χ3v) is 3.23. The molecule has 0 saturated heterocycles. The van der Waals surface area contributed by atoms with Crippen molar-refractivity contribution in [2.45, 2.75) is 20.0 Å². The summed E-state index contributed by atoms with van der Waals surface area (Å²) in [4.78, 5) is 11.1. The van der Waals surface area contributed by atoms with E-state index in [0.717, 1.165) is 6.92 Å². The summed E-state index contributed by atoms with van der Waals surface area (Å²) in [6.45, 7) is 2.51. The van der Waals surface area contributed by atoms with Crippen LogP contribution in [0, 0.1) is 10.5 Å². The minimum absolute atomic E-state index is 0.107. The van der Waals surface area contributed by atoms with Crippen LogP contribution in [0.15, 0.2) is 12.1 Å². The normalized spacial score (nSPS) is 11.6. The van der Waals surface area contributed by atoms with Gasteiger partial charge in [0.25, 0.3) is 0 Å². The first-order valence-electron chi connectivity index (χ1n) is 4.12. The van der Waals surface area contributed by atoms with Gasteiger partial charge in [-0.1, -0.05) is 0 Å². The molecule has 0 amide bonds. The Morgan fingerprint density at radius 1 is 1.33 bits per heavy atom. The van der Waals surface area contributed by atoms with Gasteiger partial charge in [-0.2, -0.15) is 13.2 Å². The Balaban J connectivity index is 3.57. The van der Waals surface area contributed by atoms with Gasteiger partial charge in [0.2, 0.25) is 0 Å². The number of benzene rings is 1. The monoisotopic (exact) mass is 328 g/mol. The van der Waals surface area contributed by atoms with Crippen LogP contribution in [-0.4, -0.2) is 5.78 Å². The van der Waals surface area contributed by atoms with Crippen molar-refractivity contribution in [3.63, 3.8) is 0 Å². The zero-order valence-corrected chi connectivity index (χ0v) is 10.2. The first-order valence-corrected chi connectivity index (χ1v) is 5.20. The Morgan fingerprint density at radius 3 is 2.27 bits per heavy atom. The highest BCUT2D eigenvalue weighted by Crippen LogP contribution is 2.36. The van der Waals surface area contributed by atoms with Crippen molar-refractivity contribution in [1.82, 2.24) is 0 Å². The number of hydrogen-bond acceptors (Lipinski definition) is 1. The highest BCUT2D eigenvalue weighted by Gasteiger charge is 2.36. The topological polar surface area (TPSA) is 17.1 Å². The summed E-state index contributed by atoms with van der Waals surface area (Å²) < 4.78 is 38.6. The van der Waals surface area contributed by atoms with E-state index in [0.29, 0.717) is 3.57 Å². The second kappa shape index (κ2) is 4.11. The van der Waals surface area contributed by atoms with Gasteiger partial charge in [0.1, 0.15) is 0 Å². The molecule has 0 radical (unpaired) electrons. The van der Waals surface area contributed by atoms with Crippen molar-refractivity contribution in [3.05, 3.63) is 32.4 Å². The number of hydrogen-bond donors (Lipinski definition) is 0. The van der Waals surface area contributed by atoms with Gasteiger partial charge in [-0.25, -0.2) is 0 Å². The van der Waals surface area contributed by atoms with Gasteiger partial charge < -0.3 is 0 Å². The maximum atomic E-state index is 12.7. The van der Waals surface area contributed by atoms with E-state index >= 15 is 0 Å². The Morgan fingerprint density at radius 2 is 1.87 bits per heavy atom. The zero-order chi connectivity index (χ0) is 11.8. The van der Waals surface area contributed by atoms with E-state index in [-0.39, 0.29) is 11.1 Å². The quantitative estimate of drug-likeness (QED) is 0.566. The predicted octanol–water partition coefficient (Wildman–Crippen LogP) is 3.82. The number of alkyl halides is 3. The summed E-state index contributed by atoms with van der Waals surface area (Å²) in [7, 11) is 0. The summed E-state index contributed by atoms with van der Waals surface area (Å²) in [6.07, 6.45) is -4.48. The minimum atomic E-state index is -4.48. The van der Waals surface area contributed by atoms with E-state index in [1.807, 2.05) is 22.6 Å². The molecule has 0 spiro atoms. The largest absolute Gasteiger partial charge is 0.417 e. The molecule has 1 aromatic rings. The van der Waals surface area contributed by atoms with Crippen molar-refractivity contribution in [2.24, 2.45) is 0 Å². The summed E-state index contributed by atoms with van der Waals surface area (Å²) >= 11 is 1.82. The van der Waals surface area contributed by atoms with E-state index in [9.17, 15) is 18.0 Å². The third kappa shape index (κ3) is 2.50. The van der Waals surface area contributed by atoms with Crippen LogP contribution in [0.1, 0.15) is 28.4 Å². The molecular formula is C10H8F3IO. The molecule has 5 heteroatoms. The Labute approximate surface area is 98.8 Å². The van der Waals surface area contributed by atoms with E-state index in [1.54, 1.807) is 0 Å². The van der Waals surface area contributed by atoms with E-state index in [1.165, 1.54) is 19.1 Å². The van der Waals surface area contributed by atoms with Gasteiger partial charge in [0.15, 0.2) is 5.78 Å². The molecule has 1 rings (SSSR count). The van der Waals surface area contributed by atoms with E-state index in [4.69, 9.17) is 0 Å². The van der Waals surface area contributed by atoms with Crippen molar-refractivity contribution in [2.75, 3.05) is 0 Å². The lowest BCUT2D eigenvalue weighted by Crippen LogP contribution is -2.14. The molecule has 15 heavy (non-hydrogen) atoms. The molecule has 0 aliphatic heterocycles. The Hall–Kier alpha value is -0.590. The molecule has 1 aromatic carbocycles. The summed E-state index contributed by atoms with van der Waals surface area (Å²) in [5.74, 6) is -0.568. The van der Waals surface area contributed by atoms with Crippen molar-refractivity contribution < 1.29 is 18.0 Å². The highest BCUT2D eigenvalue weighted by molar-refractivity contribution is 14.1. The standard InChI is InChI=1S/C10H8F3IO/c1-5-8(14)4-3-7(6(2)15)9(5)10(11,12)13/h3-4H,1-2H3. The van der Waals surface area contributed by atoms with Crippen LogP contribution in [0.4, 0.5) is 13.2 Å². The minimum Gasteiger partial charge on any atom is -0.294 e. The molecule has 0 N–H and O–H groups in total. The maximum absolute atomic E-state index is 12.7. The van der Waals surface area contributed by atoms with Crippen LogP contribution in [0.2, 0.25) is 0 Å². The van der Waals surface area contributed by atoms with Gasteiger partial charge >= 0.3 is 6.18 Å². The van der Waals surface area contributed by atoms with Crippen LogP contribution in [0.3, 0.4) is 0 Å². The second-order valence-electron chi connectivity index (χ2n) is 3.15. The average molecular weight is 328 g/mol. The number of carbonyl (C=O) groups excluding carboxylic acids is 1. The van der Waals surface area contributed by atoms with Crippen molar-refractivity contribution in [3.8, 4) is 0 Å². The Bertz CT molecular complexity index is 410. The number of Topliss-reactive ketones (excluding diaryl/α,β-unsaturated/α-hetero) is 1. The molecule has 0 aromatic heterocycles. The number of halogens is 4. The van der Waals surface area contributed by atoms with Crippen molar-refractivity contribution in [1.29, 1.82) is 0 Å². The lowest BCUT2D eigenvalue weighted by molar-refractivity contribution is -0.138. The van der Waals surface area contributed by atoms with Crippen molar-refractivity contribution >= 4 is 28.4 Å². The van der Waals surface area contributed by atoms with Gasteiger partial charge in [-0.15, -0.1) is 0 Å². The fourth-order valence-corrected chi connectivity index (χ4v) is 1.79. The first kappa shape index (κ1) is 12.5. The average Bonchev–Trinajstić information content (AvgIpc) is 2.06. The van der Waals surface area contributed by atoms with Crippen LogP contribution in [-0.2, 0) is 6.18 Å². The second-order valence-corrected chi connectivity index (χ2v) is 4.31. The first-order chi connectivity index (χ1) is 6.75. The SMILES string of the molecule is CC(=O)c1ccc(I)c(C)c1C(F)(F)F. The fourth-order valence-electron chi connectivity index (χ4n) is 1.34. The van der Waals surface area contributed by atoms with Gasteiger partial charge in [0, 0.05) is 9.13 Å². The van der Waals surface area contributed by atoms with Crippen LogP contribution >= 0.6 is 22.6 Å². The molecule has 0 saturated carbocycles. The van der Waals surface area contributed by atoms with Gasteiger partial charge in [-0.3, -0.25) is 4.79 Å². The summed E-state index contributed by atoms with van der Waals surface area (Å²) in [5, 5.41) is 0. The Kier molecular flexibility index (Phi) is 3.42. The smallest absolute Gasteiger partial charge is 0.294 e. The molecule has 0 aliphatic carbocycles. The van der Waals surface area contributed by atoms with E-state index in [2.05, 4.69) is 0 Å². The molecule has 82 valence electrons. The number of rotatable bonds is 1. The van der Waals surface area contributed by atoms with Gasteiger partial charge in [0.05, 0.1) is 5.56 Å². The van der Waals surface area contributed by atoms with Gasteiger partial charge in [-0.05, 0) is 54.1 Å². The lowest BCUT2D eigenvalue weighted by atomic mass is 9.99. The highest BCUT2D eigenvalue weighted by atomic mass is 127. The zero-order valence-electron chi connectivity index (χ0n) is 8.07. The van der Waals surface area contributed by atoms with Crippen LogP contribution in [0.5, 0.6) is 0 Å². The fraction of sp³-hybridized carbons (Fsp3) is 0.300. The molecule has 1 nitrogen and oxygen atoms in total. The lowest BCUT2D eigenvalue weighted by Gasteiger charge is -2.15.